The minimum absolute atomic E-state index is 0.000463. The summed E-state index contributed by atoms with van der Waals surface area (Å²) in [6, 6.07) is 7.49. The molecule has 0 bridgehead atoms. The Morgan fingerprint density at radius 1 is 1.11 bits per heavy atom. The number of rotatable bonds is 5. The molecule has 7 nitrogen and oxygen atoms in total. The van der Waals surface area contributed by atoms with Gasteiger partial charge in [0.05, 0.1) is 17.6 Å². The first kappa shape index (κ1) is 18.7. The Morgan fingerprint density at radius 3 is 2.64 bits per heavy atom. The lowest BCUT2D eigenvalue weighted by atomic mass is 10.0. The summed E-state index contributed by atoms with van der Waals surface area (Å²) in [4.78, 5) is 27.4. The molecule has 1 fully saturated rings. The van der Waals surface area contributed by atoms with E-state index in [1.54, 1.807) is 11.0 Å². The Kier molecular flexibility index (Phi) is 5.76. The number of hydrogen-bond donors (Lipinski definition) is 1. The van der Waals surface area contributed by atoms with E-state index in [9.17, 15) is 9.59 Å². The SMILES string of the molecule is O=C(CSc1ccc2c(c1)OCCO2)NC1CCN(C(=O)c2ccoc2)CC1. The Labute approximate surface area is 167 Å². The van der Waals surface area contributed by atoms with Crippen LogP contribution in [0.4, 0.5) is 0 Å². The summed E-state index contributed by atoms with van der Waals surface area (Å²) in [5.41, 5.74) is 0.568. The van der Waals surface area contributed by atoms with Crippen LogP contribution < -0.4 is 14.8 Å². The molecule has 2 amide bonds. The van der Waals surface area contributed by atoms with Gasteiger partial charge < -0.3 is 24.1 Å². The van der Waals surface area contributed by atoms with Crippen molar-refractivity contribution in [3.8, 4) is 11.5 Å². The van der Waals surface area contributed by atoms with Crippen LogP contribution in [0.25, 0.3) is 0 Å². The van der Waals surface area contributed by atoms with E-state index in [0.717, 1.165) is 29.2 Å². The lowest BCUT2D eigenvalue weighted by Crippen LogP contribution is -2.46. The third-order valence-electron chi connectivity index (χ3n) is 4.80. The average molecular weight is 402 g/mol. The Morgan fingerprint density at radius 2 is 1.89 bits per heavy atom. The second kappa shape index (κ2) is 8.60. The van der Waals surface area contributed by atoms with Crippen LogP contribution in [0.2, 0.25) is 0 Å². The van der Waals surface area contributed by atoms with Crippen molar-refractivity contribution in [2.75, 3.05) is 32.1 Å². The van der Waals surface area contributed by atoms with E-state index in [1.165, 1.54) is 24.3 Å². The highest BCUT2D eigenvalue weighted by atomic mass is 32.2. The van der Waals surface area contributed by atoms with Crippen molar-refractivity contribution in [2.24, 2.45) is 0 Å². The van der Waals surface area contributed by atoms with Gasteiger partial charge in [-0.15, -0.1) is 11.8 Å². The highest BCUT2D eigenvalue weighted by molar-refractivity contribution is 8.00. The number of ether oxygens (including phenoxy) is 2. The first-order chi connectivity index (χ1) is 13.7. The molecule has 1 aromatic heterocycles. The maximum Gasteiger partial charge on any atom is 0.257 e. The number of nitrogens with zero attached hydrogens (tertiary/aromatic N) is 1. The van der Waals surface area contributed by atoms with Crippen molar-refractivity contribution in [1.82, 2.24) is 10.2 Å². The van der Waals surface area contributed by atoms with Crippen LogP contribution in [0.3, 0.4) is 0 Å². The molecular formula is C20H22N2O5S. The zero-order valence-electron chi connectivity index (χ0n) is 15.4. The van der Waals surface area contributed by atoms with Gasteiger partial charge in [0.25, 0.3) is 5.91 Å². The molecule has 0 saturated carbocycles. The number of thioether (sulfide) groups is 1. The zero-order chi connectivity index (χ0) is 19.3. The fraction of sp³-hybridized carbons (Fsp3) is 0.400. The summed E-state index contributed by atoms with van der Waals surface area (Å²) >= 11 is 1.47. The van der Waals surface area contributed by atoms with E-state index in [0.29, 0.717) is 37.6 Å². The Hall–Kier alpha value is -2.61. The number of amides is 2. The van der Waals surface area contributed by atoms with Crippen LogP contribution in [-0.2, 0) is 4.79 Å². The van der Waals surface area contributed by atoms with Crippen molar-refractivity contribution >= 4 is 23.6 Å². The van der Waals surface area contributed by atoms with Gasteiger partial charge in [-0.3, -0.25) is 9.59 Å². The third kappa shape index (κ3) is 4.44. The molecule has 1 aromatic carbocycles. The normalized spacial score (nSPS) is 16.6. The van der Waals surface area contributed by atoms with Gasteiger partial charge in [-0.1, -0.05) is 0 Å². The summed E-state index contributed by atoms with van der Waals surface area (Å²) < 4.78 is 16.1. The first-order valence-corrected chi connectivity index (χ1v) is 10.3. The molecule has 0 aliphatic carbocycles. The van der Waals surface area contributed by atoms with Gasteiger partial charge >= 0.3 is 0 Å². The van der Waals surface area contributed by atoms with Crippen molar-refractivity contribution in [2.45, 2.75) is 23.8 Å². The van der Waals surface area contributed by atoms with Crippen LogP contribution >= 0.6 is 11.8 Å². The third-order valence-corrected chi connectivity index (χ3v) is 5.79. The van der Waals surface area contributed by atoms with E-state index in [1.807, 2.05) is 18.2 Å². The van der Waals surface area contributed by atoms with Gasteiger partial charge in [0, 0.05) is 24.0 Å². The van der Waals surface area contributed by atoms with Crippen LogP contribution in [0.15, 0.2) is 46.1 Å². The van der Waals surface area contributed by atoms with Crippen molar-refractivity contribution < 1.29 is 23.5 Å². The minimum atomic E-state index is -0.0207. The summed E-state index contributed by atoms with van der Waals surface area (Å²) in [6.07, 6.45) is 4.47. The molecule has 0 unspecified atom stereocenters. The maximum absolute atomic E-state index is 12.3. The molecule has 1 saturated heterocycles. The highest BCUT2D eigenvalue weighted by Crippen LogP contribution is 2.34. The Bertz CT molecular complexity index is 831. The standard InChI is InChI=1S/C20H22N2O5S/c23-19(13-28-16-1-2-17-18(11-16)27-10-9-26-17)21-15-3-6-22(7-4-15)20(24)14-5-8-25-12-14/h1-2,5,8,11-12,15H,3-4,6-7,9-10,13H2,(H,21,23). The fourth-order valence-electron chi connectivity index (χ4n) is 3.33. The number of carbonyl (C=O) groups excluding carboxylic acids is 2. The number of piperidine rings is 1. The van der Waals surface area contributed by atoms with Crippen LogP contribution in [0.1, 0.15) is 23.2 Å². The molecule has 0 spiro atoms. The second-order valence-electron chi connectivity index (χ2n) is 6.74. The summed E-state index contributed by atoms with van der Waals surface area (Å²) in [6.45, 7) is 2.37. The predicted molar refractivity (Wildman–Crippen MR) is 104 cm³/mol. The van der Waals surface area contributed by atoms with E-state index in [-0.39, 0.29) is 17.9 Å². The van der Waals surface area contributed by atoms with Gasteiger partial charge in [0.2, 0.25) is 5.91 Å². The molecule has 1 N–H and O–H groups in total. The summed E-state index contributed by atoms with van der Waals surface area (Å²) in [5, 5.41) is 3.07. The van der Waals surface area contributed by atoms with E-state index in [2.05, 4.69) is 5.32 Å². The molecule has 2 aliphatic rings. The van der Waals surface area contributed by atoms with E-state index < -0.39 is 0 Å². The number of nitrogens with one attached hydrogen (secondary N) is 1. The number of fused-ring (bicyclic) bond motifs is 1. The number of likely N-dealkylation sites (tertiary alicyclic amines) is 1. The smallest absolute Gasteiger partial charge is 0.257 e. The zero-order valence-corrected chi connectivity index (χ0v) is 16.2. The van der Waals surface area contributed by atoms with Crippen LogP contribution in [0, 0.1) is 0 Å². The fourth-order valence-corrected chi connectivity index (χ4v) is 4.06. The molecule has 8 heteroatoms. The lowest BCUT2D eigenvalue weighted by molar-refractivity contribution is -0.119. The number of carbonyl (C=O) groups is 2. The Balaban J connectivity index is 1.21. The van der Waals surface area contributed by atoms with Gasteiger partial charge in [-0.05, 0) is 37.1 Å². The van der Waals surface area contributed by atoms with Crippen molar-refractivity contribution in [3.63, 3.8) is 0 Å². The summed E-state index contributed by atoms with van der Waals surface area (Å²) in [7, 11) is 0. The number of hydrogen-bond acceptors (Lipinski definition) is 6. The molecule has 0 radical (unpaired) electrons. The minimum Gasteiger partial charge on any atom is -0.486 e. The topological polar surface area (TPSA) is 81.0 Å². The van der Waals surface area contributed by atoms with Gasteiger partial charge in [-0.25, -0.2) is 0 Å². The molecule has 0 atom stereocenters. The largest absolute Gasteiger partial charge is 0.486 e. The number of benzene rings is 1. The monoisotopic (exact) mass is 402 g/mol. The van der Waals surface area contributed by atoms with Crippen LogP contribution in [0.5, 0.6) is 11.5 Å². The number of furan rings is 1. The van der Waals surface area contributed by atoms with E-state index in [4.69, 9.17) is 13.9 Å². The van der Waals surface area contributed by atoms with Crippen molar-refractivity contribution in [3.05, 3.63) is 42.4 Å². The van der Waals surface area contributed by atoms with Gasteiger partial charge in [0.15, 0.2) is 11.5 Å². The van der Waals surface area contributed by atoms with E-state index >= 15 is 0 Å². The lowest BCUT2D eigenvalue weighted by Gasteiger charge is -2.32. The molecule has 3 heterocycles. The molecule has 2 aliphatic heterocycles. The molecule has 2 aromatic rings. The highest BCUT2D eigenvalue weighted by Gasteiger charge is 2.25. The van der Waals surface area contributed by atoms with Gasteiger partial charge in [0.1, 0.15) is 19.5 Å². The van der Waals surface area contributed by atoms with Crippen LogP contribution in [-0.4, -0.2) is 54.8 Å². The summed E-state index contributed by atoms with van der Waals surface area (Å²) in [5.74, 6) is 1.80. The van der Waals surface area contributed by atoms with Crippen molar-refractivity contribution in [1.29, 1.82) is 0 Å². The molecule has 4 rings (SSSR count). The average Bonchev–Trinajstić information content (AvgIpc) is 3.27. The molecule has 28 heavy (non-hydrogen) atoms. The second-order valence-corrected chi connectivity index (χ2v) is 7.79. The maximum atomic E-state index is 12.3. The molecular weight excluding hydrogens is 380 g/mol. The predicted octanol–water partition coefficient (Wildman–Crippen LogP) is 2.56. The van der Waals surface area contributed by atoms with Gasteiger partial charge in [-0.2, -0.15) is 0 Å². The first-order valence-electron chi connectivity index (χ1n) is 9.32. The quantitative estimate of drug-likeness (QED) is 0.775. The molecule has 148 valence electrons.